The number of hydrogen-bond donors (Lipinski definition) is 4. The minimum atomic E-state index is -1.55. The lowest BCUT2D eigenvalue weighted by molar-refractivity contribution is -0.142. The molecule has 1 aromatic carbocycles. The molecule has 0 spiro atoms. The van der Waals surface area contributed by atoms with E-state index in [2.05, 4.69) is 20.4 Å². The van der Waals surface area contributed by atoms with Gasteiger partial charge in [0, 0.05) is 36.7 Å². The summed E-state index contributed by atoms with van der Waals surface area (Å²) in [5.74, 6) is -2.67. The van der Waals surface area contributed by atoms with Crippen LogP contribution < -0.4 is 15.4 Å². The van der Waals surface area contributed by atoms with E-state index in [1.807, 2.05) is 13.8 Å². The van der Waals surface area contributed by atoms with Crippen molar-refractivity contribution in [2.75, 3.05) is 20.3 Å². The smallest absolute Gasteiger partial charge is 0.496 e. The predicted octanol–water partition coefficient (Wildman–Crippen LogP) is 2.24. The molecule has 0 bridgehead atoms. The number of nitrogens with one attached hydrogen (secondary N) is 3. The van der Waals surface area contributed by atoms with Crippen LogP contribution in [0, 0.1) is 11.8 Å². The van der Waals surface area contributed by atoms with Gasteiger partial charge in [0.15, 0.2) is 5.78 Å². The third kappa shape index (κ3) is 8.05. The first kappa shape index (κ1) is 31.1. The van der Waals surface area contributed by atoms with E-state index in [9.17, 15) is 28.8 Å². The van der Waals surface area contributed by atoms with Crippen molar-refractivity contribution in [3.05, 3.63) is 30.0 Å². The summed E-state index contributed by atoms with van der Waals surface area (Å²) in [6, 6.07) is 4.76. The molecule has 2 aromatic rings. The Hall–Kier alpha value is -4.42. The molecule has 1 saturated heterocycles. The molecule has 1 aliphatic rings. The van der Waals surface area contributed by atoms with E-state index < -0.39 is 60.2 Å². The van der Waals surface area contributed by atoms with Gasteiger partial charge in [0.1, 0.15) is 24.1 Å². The van der Waals surface area contributed by atoms with Gasteiger partial charge in [-0.05, 0) is 43.4 Å². The second kappa shape index (κ2) is 13.8. The largest absolute Gasteiger partial charge is 0.505 e. The zero-order valence-electron chi connectivity index (χ0n) is 23.5. The predicted molar refractivity (Wildman–Crippen MR) is 146 cm³/mol. The highest BCUT2D eigenvalue weighted by Crippen LogP contribution is 2.26. The highest BCUT2D eigenvalue weighted by molar-refractivity contribution is 6.02. The minimum absolute atomic E-state index is 0.00693. The SMILES string of the molecule is COc1cccc2[nH]c(C(=O)N[C@@H](CC(C)C)C(=O)N[C@@H](C[C@@H]3CCN(C(C)=O)C3=O)C(=O)CCOC(=O)O)cc12. The van der Waals surface area contributed by atoms with Crippen LogP contribution in [0.1, 0.15) is 56.9 Å². The maximum Gasteiger partial charge on any atom is 0.505 e. The van der Waals surface area contributed by atoms with Gasteiger partial charge in [-0.25, -0.2) is 4.79 Å². The number of ether oxygens (including phenoxy) is 2. The standard InChI is InChI=1S/C28H36N4O9/c1-15(2)12-21(31-26(36)22-14-18-19(29-22)6-5-7-24(18)40-4)25(35)30-20(23(34)9-11-41-28(38)39)13-17-8-10-32(16(3)33)27(17)37/h5-7,14-15,17,20-21,29H,8-13H2,1-4H3,(H,30,35)(H,31,36)(H,38,39)/t17-,20-,21-/m0/s1. The maximum absolute atomic E-state index is 13.5. The summed E-state index contributed by atoms with van der Waals surface area (Å²) in [6.07, 6.45) is -1.38. The van der Waals surface area contributed by atoms with Crippen molar-refractivity contribution >= 4 is 46.5 Å². The number of methoxy groups -OCH3 is 1. The number of ketones is 1. The van der Waals surface area contributed by atoms with Crippen molar-refractivity contribution < 1.29 is 43.3 Å². The van der Waals surface area contributed by atoms with Gasteiger partial charge in [-0.3, -0.25) is 28.9 Å². The van der Waals surface area contributed by atoms with Crippen LogP contribution in [0.2, 0.25) is 0 Å². The van der Waals surface area contributed by atoms with Crippen LogP contribution in [-0.2, 0) is 23.9 Å². The van der Waals surface area contributed by atoms with E-state index in [1.54, 1.807) is 24.3 Å². The van der Waals surface area contributed by atoms with Gasteiger partial charge in [-0.15, -0.1) is 0 Å². The van der Waals surface area contributed by atoms with Crippen molar-refractivity contribution in [3.63, 3.8) is 0 Å². The van der Waals surface area contributed by atoms with Crippen molar-refractivity contribution in [1.29, 1.82) is 0 Å². The van der Waals surface area contributed by atoms with Gasteiger partial charge in [0.25, 0.3) is 5.91 Å². The highest BCUT2D eigenvalue weighted by Gasteiger charge is 2.38. The molecular formula is C28H36N4O9. The second-order valence-electron chi connectivity index (χ2n) is 10.4. The number of amides is 4. The lowest BCUT2D eigenvalue weighted by Crippen LogP contribution is -2.52. The molecule has 0 saturated carbocycles. The Kier molecular flexibility index (Phi) is 10.5. The van der Waals surface area contributed by atoms with Gasteiger partial charge < -0.3 is 30.2 Å². The second-order valence-corrected chi connectivity index (χ2v) is 10.4. The third-order valence-electron chi connectivity index (χ3n) is 6.91. The van der Waals surface area contributed by atoms with Crippen molar-refractivity contribution in [3.8, 4) is 5.75 Å². The number of nitrogens with zero attached hydrogens (tertiary/aromatic N) is 1. The fourth-order valence-corrected chi connectivity index (χ4v) is 4.88. The Labute approximate surface area is 236 Å². The molecule has 0 radical (unpaired) electrons. The number of aromatic nitrogens is 1. The van der Waals surface area contributed by atoms with Gasteiger partial charge in [-0.1, -0.05) is 19.9 Å². The van der Waals surface area contributed by atoms with E-state index in [-0.39, 0.29) is 37.4 Å². The first-order chi connectivity index (χ1) is 19.4. The number of Topliss-reactive ketones (excluding diaryl/α,β-unsaturated/α-hetero) is 1. The van der Waals surface area contributed by atoms with Crippen LogP contribution in [0.4, 0.5) is 4.79 Å². The summed E-state index contributed by atoms with van der Waals surface area (Å²) >= 11 is 0. The first-order valence-corrected chi connectivity index (χ1v) is 13.4. The third-order valence-corrected chi connectivity index (χ3v) is 6.91. The van der Waals surface area contributed by atoms with Crippen molar-refractivity contribution in [2.24, 2.45) is 11.8 Å². The number of hydrogen-bond acceptors (Lipinski definition) is 8. The molecule has 3 rings (SSSR count). The number of aromatic amines is 1. The number of carboxylic acid groups (broad SMARTS) is 1. The fraction of sp³-hybridized carbons (Fsp3) is 0.500. The molecule has 4 N–H and O–H groups in total. The Bertz CT molecular complexity index is 1320. The number of imide groups is 1. The lowest BCUT2D eigenvalue weighted by Gasteiger charge is -2.25. The zero-order chi connectivity index (χ0) is 30.3. The van der Waals surface area contributed by atoms with E-state index in [0.717, 1.165) is 4.90 Å². The molecular weight excluding hydrogens is 536 g/mol. The van der Waals surface area contributed by atoms with Crippen LogP contribution in [0.3, 0.4) is 0 Å². The Balaban J connectivity index is 1.78. The van der Waals surface area contributed by atoms with Crippen molar-refractivity contribution in [1.82, 2.24) is 20.5 Å². The number of fused-ring (bicyclic) bond motifs is 1. The molecule has 41 heavy (non-hydrogen) atoms. The van der Waals surface area contributed by atoms with Crippen LogP contribution in [0.15, 0.2) is 24.3 Å². The monoisotopic (exact) mass is 572 g/mol. The number of benzene rings is 1. The number of carbonyl (C=O) groups excluding carboxylic acids is 5. The Morgan fingerprint density at radius 2 is 1.88 bits per heavy atom. The van der Waals surface area contributed by atoms with E-state index in [0.29, 0.717) is 23.1 Å². The topological polar surface area (TPSA) is 184 Å². The van der Waals surface area contributed by atoms with Crippen LogP contribution in [-0.4, -0.2) is 82.9 Å². The average Bonchev–Trinajstić information content (AvgIpc) is 3.51. The van der Waals surface area contributed by atoms with Gasteiger partial charge in [0.2, 0.25) is 17.7 Å². The average molecular weight is 573 g/mol. The molecule has 4 amide bonds. The summed E-state index contributed by atoms with van der Waals surface area (Å²) in [7, 11) is 1.52. The summed E-state index contributed by atoms with van der Waals surface area (Å²) in [4.78, 5) is 79.0. The fourth-order valence-electron chi connectivity index (χ4n) is 4.88. The molecule has 1 aliphatic heterocycles. The van der Waals surface area contributed by atoms with Gasteiger partial charge in [-0.2, -0.15) is 0 Å². The quantitative estimate of drug-likeness (QED) is 0.261. The molecule has 1 aromatic heterocycles. The summed E-state index contributed by atoms with van der Waals surface area (Å²) in [5, 5.41) is 14.8. The van der Waals surface area contributed by atoms with Gasteiger partial charge >= 0.3 is 6.16 Å². The molecule has 222 valence electrons. The van der Waals surface area contributed by atoms with E-state index in [1.165, 1.54) is 14.0 Å². The number of rotatable bonds is 13. The van der Waals surface area contributed by atoms with Crippen LogP contribution >= 0.6 is 0 Å². The van der Waals surface area contributed by atoms with Crippen LogP contribution in [0.25, 0.3) is 10.9 Å². The summed E-state index contributed by atoms with van der Waals surface area (Å²) in [5.41, 5.74) is 0.889. The Morgan fingerprint density at radius 3 is 2.49 bits per heavy atom. The van der Waals surface area contributed by atoms with Crippen molar-refractivity contribution in [2.45, 2.75) is 58.5 Å². The molecule has 0 aliphatic carbocycles. The lowest BCUT2D eigenvalue weighted by atomic mass is 9.94. The van der Waals surface area contributed by atoms with Crippen LogP contribution in [0.5, 0.6) is 5.75 Å². The zero-order valence-corrected chi connectivity index (χ0v) is 23.5. The molecule has 1 fully saturated rings. The number of likely N-dealkylation sites (tertiary alicyclic amines) is 1. The molecule has 13 nitrogen and oxygen atoms in total. The number of carbonyl (C=O) groups is 6. The highest BCUT2D eigenvalue weighted by atomic mass is 16.7. The van der Waals surface area contributed by atoms with E-state index >= 15 is 0 Å². The molecule has 3 atom stereocenters. The molecule has 2 heterocycles. The molecule has 0 unspecified atom stereocenters. The summed E-state index contributed by atoms with van der Waals surface area (Å²) in [6.45, 7) is 4.81. The Morgan fingerprint density at radius 1 is 1.15 bits per heavy atom. The minimum Gasteiger partial charge on any atom is -0.496 e. The van der Waals surface area contributed by atoms with Gasteiger partial charge in [0.05, 0.1) is 13.2 Å². The maximum atomic E-state index is 13.5. The van der Waals surface area contributed by atoms with E-state index in [4.69, 9.17) is 9.84 Å². The normalized spacial score (nSPS) is 16.4. The number of H-pyrrole nitrogens is 1. The summed E-state index contributed by atoms with van der Waals surface area (Å²) < 4.78 is 9.79. The first-order valence-electron chi connectivity index (χ1n) is 13.4. The molecule has 13 heteroatoms.